The monoisotopic (exact) mass is 347 g/mol. The largest absolute Gasteiger partial charge is 0.216 e. The molecule has 0 aliphatic heterocycles. The van der Waals surface area contributed by atoms with Gasteiger partial charge in [0.15, 0.2) is 0 Å². The molecule has 0 heterocycles. The molecule has 1 aromatic rings. The average molecular weight is 348 g/mol. The van der Waals surface area contributed by atoms with Crippen LogP contribution in [0.15, 0.2) is 30.3 Å². The number of halogens is 1. The van der Waals surface area contributed by atoms with E-state index in [1.54, 1.807) is 0 Å². The summed E-state index contributed by atoms with van der Waals surface area (Å²) in [6.45, 7) is 6.14. The van der Waals surface area contributed by atoms with Crippen molar-refractivity contribution in [3.05, 3.63) is 35.9 Å². The molecular weight excluding hydrogens is 326 g/mol. The summed E-state index contributed by atoms with van der Waals surface area (Å²) in [6, 6.07) is 9.17. The molecule has 1 aromatic carbocycles. The van der Waals surface area contributed by atoms with Crippen molar-refractivity contribution in [2.75, 3.05) is 5.33 Å². The maximum absolute atomic E-state index is 12.2. The van der Waals surface area contributed by atoms with Gasteiger partial charge in [0.2, 0.25) is 10.0 Å². The van der Waals surface area contributed by atoms with Crippen LogP contribution in [0.25, 0.3) is 0 Å². The van der Waals surface area contributed by atoms with E-state index in [2.05, 4.69) is 20.7 Å². The van der Waals surface area contributed by atoms with E-state index in [0.717, 1.165) is 17.3 Å². The van der Waals surface area contributed by atoms with Gasteiger partial charge in [-0.05, 0) is 17.4 Å². The quantitative estimate of drug-likeness (QED) is 0.802. The van der Waals surface area contributed by atoms with Gasteiger partial charge in [-0.25, -0.2) is 13.1 Å². The van der Waals surface area contributed by atoms with Crippen LogP contribution in [0.5, 0.6) is 0 Å². The van der Waals surface area contributed by atoms with E-state index in [4.69, 9.17) is 0 Å². The zero-order valence-corrected chi connectivity index (χ0v) is 14.1. The van der Waals surface area contributed by atoms with Gasteiger partial charge in [-0.3, -0.25) is 0 Å². The highest BCUT2D eigenvalue weighted by molar-refractivity contribution is 9.09. The van der Waals surface area contributed by atoms with Crippen molar-refractivity contribution in [2.45, 2.75) is 39.0 Å². The smallest absolute Gasteiger partial charge is 0.212 e. The van der Waals surface area contributed by atoms with Crippen molar-refractivity contribution in [1.82, 2.24) is 4.72 Å². The highest BCUT2D eigenvalue weighted by Gasteiger charge is 2.28. The average Bonchev–Trinajstić information content (AvgIpc) is 2.27. The van der Waals surface area contributed by atoms with Crippen LogP contribution in [-0.4, -0.2) is 19.8 Å². The lowest BCUT2D eigenvalue weighted by Crippen LogP contribution is -2.44. The molecule has 1 N–H and O–H groups in total. The van der Waals surface area contributed by atoms with Crippen LogP contribution in [0.1, 0.15) is 32.8 Å². The van der Waals surface area contributed by atoms with Crippen LogP contribution in [0.3, 0.4) is 0 Å². The zero-order valence-electron chi connectivity index (χ0n) is 11.7. The van der Waals surface area contributed by atoms with Gasteiger partial charge < -0.3 is 0 Å². The minimum absolute atomic E-state index is 0.0305. The molecule has 0 saturated heterocycles. The van der Waals surface area contributed by atoms with E-state index in [-0.39, 0.29) is 17.2 Å². The Morgan fingerprint density at radius 2 is 1.79 bits per heavy atom. The molecule has 19 heavy (non-hydrogen) atoms. The molecule has 1 rings (SSSR count). The summed E-state index contributed by atoms with van der Waals surface area (Å²) in [5.41, 5.74) is 0.707. The number of benzene rings is 1. The van der Waals surface area contributed by atoms with Crippen LogP contribution in [-0.2, 0) is 15.8 Å². The molecule has 108 valence electrons. The third kappa shape index (κ3) is 6.06. The van der Waals surface area contributed by atoms with Crippen molar-refractivity contribution in [3.63, 3.8) is 0 Å². The maximum atomic E-state index is 12.2. The van der Waals surface area contributed by atoms with E-state index in [1.807, 2.05) is 51.1 Å². The lowest BCUT2D eigenvalue weighted by atomic mass is 9.86. The minimum Gasteiger partial charge on any atom is -0.212 e. The summed E-state index contributed by atoms with van der Waals surface area (Å²) in [5, 5.41) is 0.781. The van der Waals surface area contributed by atoms with Gasteiger partial charge in [-0.15, -0.1) is 0 Å². The summed E-state index contributed by atoms with van der Waals surface area (Å²) in [7, 11) is -3.31. The Morgan fingerprint density at radius 3 is 2.26 bits per heavy atom. The van der Waals surface area contributed by atoms with E-state index >= 15 is 0 Å². The van der Waals surface area contributed by atoms with Crippen LogP contribution in [0.4, 0.5) is 0 Å². The minimum atomic E-state index is -3.31. The van der Waals surface area contributed by atoms with E-state index in [9.17, 15) is 8.42 Å². The van der Waals surface area contributed by atoms with Gasteiger partial charge in [-0.2, -0.15) is 0 Å². The maximum Gasteiger partial charge on any atom is 0.216 e. The normalized spacial score (nSPS) is 14.3. The van der Waals surface area contributed by atoms with E-state index < -0.39 is 10.0 Å². The molecule has 0 aliphatic rings. The number of sulfonamides is 1. The number of hydrogen-bond donors (Lipinski definition) is 1. The number of hydrogen-bond acceptors (Lipinski definition) is 2. The second-order valence-corrected chi connectivity index (χ2v) is 8.31. The number of rotatable bonds is 6. The molecular formula is C14H22BrNO2S. The van der Waals surface area contributed by atoms with Gasteiger partial charge >= 0.3 is 0 Å². The van der Waals surface area contributed by atoms with Gasteiger partial charge in [0.1, 0.15) is 0 Å². The highest BCUT2D eigenvalue weighted by Crippen LogP contribution is 2.23. The first kappa shape index (κ1) is 16.7. The molecule has 0 aromatic heterocycles. The van der Waals surface area contributed by atoms with Crippen molar-refractivity contribution in [1.29, 1.82) is 0 Å². The Kier molecular flexibility index (Phi) is 6.02. The predicted molar refractivity (Wildman–Crippen MR) is 83.9 cm³/mol. The first-order valence-corrected chi connectivity index (χ1v) is 9.12. The number of alkyl halides is 1. The molecule has 5 heteroatoms. The zero-order chi connectivity index (χ0) is 14.5. The second kappa shape index (κ2) is 6.86. The molecule has 0 bridgehead atoms. The predicted octanol–water partition coefficient (Wildman–Crippen LogP) is 3.31. The first-order chi connectivity index (χ1) is 8.74. The summed E-state index contributed by atoms with van der Waals surface area (Å²) in [5.74, 6) is 0.0305. The Hall–Kier alpha value is -0.390. The summed E-state index contributed by atoms with van der Waals surface area (Å²) in [6.07, 6.45) is 0.775. The standard InChI is InChI=1S/C14H22BrNO2S/c1-14(2,3)13(9-10-15)16-19(17,18)11-12-7-5-4-6-8-12/h4-8,13,16H,9-11H2,1-3H3. The SMILES string of the molecule is CC(C)(C)C(CCBr)NS(=O)(=O)Cc1ccccc1. The van der Waals surface area contributed by atoms with Gasteiger partial charge in [-0.1, -0.05) is 67.0 Å². The summed E-state index contributed by atoms with van der Waals surface area (Å²) >= 11 is 3.38. The van der Waals surface area contributed by atoms with Crippen LogP contribution in [0, 0.1) is 5.41 Å². The van der Waals surface area contributed by atoms with E-state index in [1.165, 1.54) is 0 Å². The van der Waals surface area contributed by atoms with Crippen molar-refractivity contribution < 1.29 is 8.42 Å². The highest BCUT2D eigenvalue weighted by atomic mass is 79.9. The molecule has 3 nitrogen and oxygen atoms in total. The molecule has 1 atom stereocenters. The fourth-order valence-corrected chi connectivity index (χ4v) is 3.91. The van der Waals surface area contributed by atoms with Crippen molar-refractivity contribution in [2.24, 2.45) is 5.41 Å². The van der Waals surface area contributed by atoms with Gasteiger partial charge in [0.25, 0.3) is 0 Å². The van der Waals surface area contributed by atoms with Crippen LogP contribution < -0.4 is 4.72 Å². The van der Waals surface area contributed by atoms with Crippen LogP contribution >= 0.6 is 15.9 Å². The van der Waals surface area contributed by atoms with Crippen LogP contribution in [0.2, 0.25) is 0 Å². The summed E-state index contributed by atoms with van der Waals surface area (Å²) < 4.78 is 27.2. The molecule has 0 aliphatic carbocycles. The first-order valence-electron chi connectivity index (χ1n) is 6.34. The molecule has 0 fully saturated rings. The van der Waals surface area contributed by atoms with Crippen molar-refractivity contribution in [3.8, 4) is 0 Å². The second-order valence-electron chi connectivity index (χ2n) is 5.76. The molecule has 0 spiro atoms. The Labute approximate surface area is 125 Å². The molecule has 0 saturated carbocycles. The third-order valence-electron chi connectivity index (χ3n) is 2.96. The number of nitrogens with one attached hydrogen (secondary N) is 1. The fraction of sp³-hybridized carbons (Fsp3) is 0.571. The third-order valence-corrected chi connectivity index (χ3v) is 4.78. The topological polar surface area (TPSA) is 46.2 Å². The fourth-order valence-electron chi connectivity index (χ4n) is 1.83. The molecule has 0 radical (unpaired) electrons. The lowest BCUT2D eigenvalue weighted by molar-refractivity contribution is 0.293. The van der Waals surface area contributed by atoms with E-state index in [0.29, 0.717) is 0 Å². The Morgan fingerprint density at radius 1 is 1.21 bits per heavy atom. The Balaban J connectivity index is 2.77. The molecule has 1 unspecified atom stereocenters. The Bertz CT molecular complexity index is 480. The van der Waals surface area contributed by atoms with Gasteiger partial charge in [0.05, 0.1) is 5.75 Å². The van der Waals surface area contributed by atoms with Crippen molar-refractivity contribution >= 4 is 26.0 Å². The summed E-state index contributed by atoms with van der Waals surface area (Å²) in [4.78, 5) is 0. The van der Waals surface area contributed by atoms with Gasteiger partial charge in [0, 0.05) is 11.4 Å². The lowest BCUT2D eigenvalue weighted by Gasteiger charge is -2.30. The molecule has 0 amide bonds.